The number of allylic oxidation sites excluding steroid dienone is 1. The van der Waals surface area contributed by atoms with Crippen LogP contribution in [0.15, 0.2) is 73.8 Å². The first-order valence-corrected chi connectivity index (χ1v) is 17.7. The monoisotopic (exact) mass is 735 g/mol. The average Bonchev–Trinajstić information content (AvgIpc) is 3.68. The molecule has 2 aromatic rings. The van der Waals surface area contributed by atoms with Gasteiger partial charge in [0.25, 0.3) is 5.91 Å². The van der Waals surface area contributed by atoms with Gasteiger partial charge in [0.1, 0.15) is 17.7 Å². The molecule has 10 nitrogen and oxygen atoms in total. The van der Waals surface area contributed by atoms with Gasteiger partial charge in [0, 0.05) is 37.1 Å². The fourth-order valence-electron chi connectivity index (χ4n) is 7.74. The number of rotatable bonds is 14. The lowest BCUT2D eigenvalue weighted by atomic mass is 9.70. The molecule has 3 aliphatic heterocycles. The van der Waals surface area contributed by atoms with Gasteiger partial charge in [-0.05, 0) is 56.4 Å². The zero-order valence-electron chi connectivity index (χ0n) is 28.6. The van der Waals surface area contributed by atoms with Crippen molar-refractivity contribution in [3.8, 4) is 0 Å². The van der Waals surface area contributed by atoms with E-state index in [2.05, 4.69) is 29.1 Å². The molecule has 3 fully saturated rings. The second-order valence-corrected chi connectivity index (χ2v) is 14.5. The normalized spacial score (nSPS) is 26.5. The summed E-state index contributed by atoms with van der Waals surface area (Å²) < 4.78 is 13.0. The van der Waals surface area contributed by atoms with Gasteiger partial charge in [0.15, 0.2) is 0 Å². The van der Waals surface area contributed by atoms with Gasteiger partial charge in [-0.1, -0.05) is 70.5 Å². The first-order valence-electron chi connectivity index (χ1n) is 16.8. The number of halogens is 1. The van der Waals surface area contributed by atoms with Crippen LogP contribution in [0.3, 0.4) is 0 Å². The second-order valence-electron chi connectivity index (χ2n) is 13.3. The molecule has 1 N–H and O–H groups in total. The largest absolute Gasteiger partial charge is 0.455 e. The van der Waals surface area contributed by atoms with Crippen molar-refractivity contribution in [2.45, 2.75) is 74.8 Å². The highest BCUT2D eigenvalue weighted by atomic mass is 79.9. The maximum atomic E-state index is 14.8. The number of anilines is 1. The molecule has 3 amide bonds. The minimum atomic E-state index is -1.34. The SMILES string of the molecule is C=CCCC(=O)N(C)[C@H](C)[C@H](OC(=O)[C@@H]1[C@H]2O[C@@]3(CC2Br)[C@H](C(=O)N(CC=C)c2cc(C)ccc2C)N(CCO)C(=O)[C@@H]13)c1ccccc1. The number of amides is 3. The van der Waals surface area contributed by atoms with Gasteiger partial charge in [-0.3, -0.25) is 19.2 Å². The van der Waals surface area contributed by atoms with Gasteiger partial charge >= 0.3 is 5.97 Å². The quantitative estimate of drug-likeness (QED) is 0.171. The minimum absolute atomic E-state index is 0.105. The maximum absolute atomic E-state index is 14.8. The Labute approximate surface area is 296 Å². The molecule has 1 spiro atoms. The smallest absolute Gasteiger partial charge is 0.313 e. The van der Waals surface area contributed by atoms with Crippen LogP contribution in [-0.4, -0.2) is 94.0 Å². The summed E-state index contributed by atoms with van der Waals surface area (Å²) in [5.41, 5.74) is 1.88. The lowest BCUT2D eigenvalue weighted by molar-refractivity contribution is -0.164. The van der Waals surface area contributed by atoms with E-state index in [0.717, 1.165) is 11.1 Å². The molecule has 11 heteroatoms. The molecule has 5 rings (SSSR count). The van der Waals surface area contributed by atoms with Crippen molar-refractivity contribution in [2.24, 2.45) is 11.8 Å². The van der Waals surface area contributed by atoms with Crippen LogP contribution in [0.5, 0.6) is 0 Å². The van der Waals surface area contributed by atoms with Gasteiger partial charge in [0.2, 0.25) is 11.8 Å². The van der Waals surface area contributed by atoms with Crippen molar-refractivity contribution in [1.82, 2.24) is 9.80 Å². The number of fused-ring (bicyclic) bond motifs is 1. The molecular formula is C38H46BrN3O7. The Morgan fingerprint density at radius 3 is 2.53 bits per heavy atom. The van der Waals surface area contributed by atoms with Crippen LogP contribution >= 0.6 is 15.9 Å². The van der Waals surface area contributed by atoms with E-state index in [-0.39, 0.29) is 42.8 Å². The van der Waals surface area contributed by atoms with Crippen LogP contribution < -0.4 is 4.90 Å². The van der Waals surface area contributed by atoms with E-state index >= 15 is 0 Å². The molecule has 262 valence electrons. The standard InChI is InChI=1S/C38H46BrN3O7/c1-7-9-15-29(44)40(6)25(5)32(26-13-11-10-12-14-26)48-37(47)30-31-35(45)42(19-20-43)34(38(31)22-27(39)33(30)49-38)36(46)41(18-8-2)28-21-23(3)16-17-24(28)4/h7-8,10-14,16-17,21,25,27,30-34,43H,1-2,9,15,18-20,22H2,3-6H3/t25-,27?,30+,31-,32+,33+,34+,38-/m1/s1. The summed E-state index contributed by atoms with van der Waals surface area (Å²) in [4.78, 5) is 60.8. The minimum Gasteiger partial charge on any atom is -0.455 e. The molecule has 0 aliphatic carbocycles. The van der Waals surface area contributed by atoms with Crippen LogP contribution in [0.2, 0.25) is 0 Å². The molecule has 0 radical (unpaired) electrons. The first-order chi connectivity index (χ1) is 23.4. The van der Waals surface area contributed by atoms with E-state index in [4.69, 9.17) is 9.47 Å². The van der Waals surface area contributed by atoms with Crippen molar-refractivity contribution >= 4 is 45.3 Å². The highest BCUT2D eigenvalue weighted by molar-refractivity contribution is 9.09. The number of β-amino-alcohol motifs (C(OH)–C–C–N with tert-alkyl or cyclic N) is 1. The van der Waals surface area contributed by atoms with Gasteiger partial charge in [-0.25, -0.2) is 0 Å². The Bertz CT molecular complexity index is 1600. The van der Waals surface area contributed by atoms with E-state index in [1.54, 1.807) is 29.0 Å². The summed E-state index contributed by atoms with van der Waals surface area (Å²) in [6.07, 6.45) is 2.83. The molecular weight excluding hydrogens is 690 g/mol. The fourth-order valence-corrected chi connectivity index (χ4v) is 8.69. The molecule has 0 saturated carbocycles. The third-order valence-corrected chi connectivity index (χ3v) is 11.1. The van der Waals surface area contributed by atoms with E-state index in [1.165, 1.54) is 4.90 Å². The van der Waals surface area contributed by atoms with Crippen LogP contribution in [0.4, 0.5) is 5.69 Å². The highest BCUT2D eigenvalue weighted by Gasteiger charge is 2.77. The number of ether oxygens (including phenoxy) is 2. The molecule has 0 aromatic heterocycles. The van der Waals surface area contributed by atoms with E-state index < -0.39 is 53.6 Å². The Morgan fingerprint density at radius 2 is 1.88 bits per heavy atom. The number of esters is 1. The number of alkyl halides is 1. The third-order valence-electron chi connectivity index (χ3n) is 10.2. The van der Waals surface area contributed by atoms with Crippen molar-refractivity contribution < 1.29 is 33.8 Å². The Kier molecular flexibility index (Phi) is 11.2. The summed E-state index contributed by atoms with van der Waals surface area (Å²) in [5, 5.41) is 10.1. The maximum Gasteiger partial charge on any atom is 0.313 e. The van der Waals surface area contributed by atoms with Crippen molar-refractivity contribution in [3.63, 3.8) is 0 Å². The summed E-state index contributed by atoms with van der Waals surface area (Å²) in [7, 11) is 1.68. The highest BCUT2D eigenvalue weighted by Crippen LogP contribution is 2.60. The second kappa shape index (κ2) is 15.0. The average molecular weight is 737 g/mol. The molecule has 8 atom stereocenters. The van der Waals surface area contributed by atoms with E-state index in [9.17, 15) is 24.3 Å². The number of hydrogen-bond acceptors (Lipinski definition) is 7. The fraction of sp³-hybridized carbons (Fsp3) is 0.474. The number of hydrogen-bond donors (Lipinski definition) is 1. The summed E-state index contributed by atoms with van der Waals surface area (Å²) in [6, 6.07) is 13.4. The van der Waals surface area contributed by atoms with Crippen molar-refractivity contribution in [3.05, 3.63) is 90.5 Å². The molecule has 2 aromatic carbocycles. The Hall–Kier alpha value is -3.80. The summed E-state index contributed by atoms with van der Waals surface area (Å²) >= 11 is 3.72. The lowest BCUT2D eigenvalue weighted by Gasteiger charge is -2.37. The molecule has 2 bridgehead atoms. The van der Waals surface area contributed by atoms with Gasteiger partial charge in [-0.2, -0.15) is 0 Å². The van der Waals surface area contributed by atoms with Crippen LogP contribution in [0.1, 0.15) is 49.0 Å². The van der Waals surface area contributed by atoms with Gasteiger partial charge in [-0.15, -0.1) is 13.2 Å². The molecule has 1 unspecified atom stereocenters. The number of aliphatic hydroxyl groups is 1. The van der Waals surface area contributed by atoms with Crippen molar-refractivity contribution in [1.29, 1.82) is 0 Å². The number of aliphatic hydroxyl groups excluding tert-OH is 1. The van der Waals surface area contributed by atoms with E-state index in [1.807, 2.05) is 69.3 Å². The van der Waals surface area contributed by atoms with Crippen molar-refractivity contribution in [2.75, 3.05) is 31.6 Å². The number of nitrogens with zero attached hydrogens (tertiary/aromatic N) is 3. The van der Waals surface area contributed by atoms with Gasteiger partial charge in [0.05, 0.1) is 30.6 Å². The van der Waals surface area contributed by atoms with Crippen LogP contribution in [0.25, 0.3) is 0 Å². The lowest BCUT2D eigenvalue weighted by Crippen LogP contribution is -2.57. The zero-order valence-corrected chi connectivity index (χ0v) is 30.2. The molecule has 3 aliphatic rings. The number of aryl methyl sites for hydroxylation is 2. The zero-order chi connectivity index (χ0) is 35.6. The predicted octanol–water partition coefficient (Wildman–Crippen LogP) is 4.66. The van der Waals surface area contributed by atoms with E-state index in [0.29, 0.717) is 24.1 Å². The number of likely N-dealkylation sites (tertiary alicyclic amines) is 1. The topological polar surface area (TPSA) is 117 Å². The summed E-state index contributed by atoms with van der Waals surface area (Å²) in [5.74, 6) is -3.61. The number of likely N-dealkylation sites (N-methyl/N-ethyl adjacent to an activating group) is 1. The predicted molar refractivity (Wildman–Crippen MR) is 190 cm³/mol. The van der Waals surface area contributed by atoms with Crippen LogP contribution in [0, 0.1) is 25.7 Å². The Balaban J connectivity index is 1.51. The van der Waals surface area contributed by atoms with Gasteiger partial charge < -0.3 is 29.3 Å². The number of carbonyl (C=O) groups is 4. The third kappa shape index (κ3) is 6.60. The van der Waals surface area contributed by atoms with Crippen LogP contribution in [-0.2, 0) is 28.7 Å². The number of carbonyl (C=O) groups excluding carboxylic acids is 4. The summed E-state index contributed by atoms with van der Waals surface area (Å²) in [6.45, 7) is 13.0. The molecule has 49 heavy (non-hydrogen) atoms. The Morgan fingerprint density at radius 1 is 1.16 bits per heavy atom. The first kappa shape index (κ1) is 36.5. The molecule has 3 saturated heterocycles. The number of benzene rings is 2. The molecule has 3 heterocycles.